The Hall–Kier alpha value is -3.75. The number of carbonyl (C=O) groups is 1. The first-order chi connectivity index (χ1) is 14.9. The van der Waals surface area contributed by atoms with E-state index in [9.17, 15) is 18.0 Å². The highest BCUT2D eigenvalue weighted by molar-refractivity contribution is 6.08. The van der Waals surface area contributed by atoms with E-state index >= 15 is 0 Å². The smallest absolute Gasteiger partial charge is 0.410 e. The lowest BCUT2D eigenvalue weighted by molar-refractivity contribution is -0.174. The van der Waals surface area contributed by atoms with Gasteiger partial charge in [0.1, 0.15) is 11.6 Å². The van der Waals surface area contributed by atoms with Gasteiger partial charge in [-0.25, -0.2) is 4.68 Å². The van der Waals surface area contributed by atoms with Gasteiger partial charge in [-0.1, -0.05) is 36.4 Å². The number of fused-ring (bicyclic) bond motifs is 2. The average Bonchev–Trinajstić information content (AvgIpc) is 3.42. The normalized spacial score (nSPS) is 18.4. The summed E-state index contributed by atoms with van der Waals surface area (Å²) < 4.78 is 47.4. The van der Waals surface area contributed by atoms with Crippen LogP contribution in [0.4, 0.5) is 24.7 Å². The van der Waals surface area contributed by atoms with Crippen LogP contribution in [0.5, 0.6) is 0 Å². The number of halogens is 3. The molecule has 5 rings (SSSR count). The van der Waals surface area contributed by atoms with Crippen molar-refractivity contribution in [1.82, 2.24) is 9.78 Å². The second kappa shape index (κ2) is 7.19. The topological polar surface area (TPSA) is 72.1 Å². The molecule has 158 valence electrons. The van der Waals surface area contributed by atoms with E-state index < -0.39 is 24.2 Å². The number of nitrogens with one attached hydrogen (secondary N) is 2. The van der Waals surface area contributed by atoms with Crippen LogP contribution >= 0.6 is 0 Å². The summed E-state index contributed by atoms with van der Waals surface area (Å²) in [6, 6.07) is 14.9. The number of amides is 1. The van der Waals surface area contributed by atoms with Crippen molar-refractivity contribution in [3.63, 3.8) is 0 Å². The molecule has 9 heteroatoms. The fourth-order valence-electron chi connectivity index (χ4n) is 3.88. The number of rotatable bonds is 3. The molecule has 6 nitrogen and oxygen atoms in total. The van der Waals surface area contributed by atoms with E-state index in [0.29, 0.717) is 11.4 Å². The minimum Gasteiger partial charge on any atom is -0.467 e. The maximum Gasteiger partial charge on any atom is 0.410 e. The van der Waals surface area contributed by atoms with Gasteiger partial charge >= 0.3 is 6.18 Å². The zero-order valence-electron chi connectivity index (χ0n) is 16.1. The number of anilines is 2. The van der Waals surface area contributed by atoms with E-state index in [1.165, 1.54) is 12.3 Å². The highest BCUT2D eigenvalue weighted by atomic mass is 19.4. The van der Waals surface area contributed by atoms with Gasteiger partial charge in [0, 0.05) is 23.6 Å². The first kappa shape index (κ1) is 19.2. The molecule has 2 aromatic carbocycles. The average molecular weight is 426 g/mol. The van der Waals surface area contributed by atoms with E-state index in [1.807, 2.05) is 30.3 Å². The third kappa shape index (κ3) is 3.52. The Bertz CT molecular complexity index is 1240. The molecule has 0 spiro atoms. The molecule has 1 amide bonds. The summed E-state index contributed by atoms with van der Waals surface area (Å²) in [5.74, 6) is -0.0861. The minimum atomic E-state index is -4.53. The molecule has 0 unspecified atom stereocenters. The van der Waals surface area contributed by atoms with Crippen LogP contribution in [0.1, 0.15) is 34.8 Å². The lowest BCUT2D eigenvalue weighted by atomic mass is 10.0. The first-order valence-corrected chi connectivity index (χ1v) is 9.65. The van der Waals surface area contributed by atoms with Gasteiger partial charge in [-0.2, -0.15) is 18.3 Å². The van der Waals surface area contributed by atoms with Crippen molar-refractivity contribution in [2.75, 3.05) is 10.6 Å². The van der Waals surface area contributed by atoms with Crippen LogP contribution in [0.15, 0.2) is 71.3 Å². The summed E-state index contributed by atoms with van der Waals surface area (Å²) in [6.45, 7) is 0. The summed E-state index contributed by atoms with van der Waals surface area (Å²) in [7, 11) is 0. The van der Waals surface area contributed by atoms with E-state index in [-0.39, 0.29) is 17.9 Å². The lowest BCUT2D eigenvalue weighted by Crippen LogP contribution is -2.35. The molecule has 0 bridgehead atoms. The van der Waals surface area contributed by atoms with Crippen LogP contribution < -0.4 is 10.6 Å². The summed E-state index contributed by atoms with van der Waals surface area (Å²) in [5, 5.41) is 11.5. The number of benzene rings is 2. The Labute approximate surface area is 174 Å². The highest BCUT2D eigenvalue weighted by Crippen LogP contribution is 2.43. The number of hydrogen-bond donors (Lipinski definition) is 2. The van der Waals surface area contributed by atoms with Crippen LogP contribution in [0.3, 0.4) is 0 Å². The van der Waals surface area contributed by atoms with Gasteiger partial charge in [0.15, 0.2) is 11.7 Å². The minimum absolute atomic E-state index is 0.107. The third-order valence-electron chi connectivity index (χ3n) is 5.35. The Kier molecular flexibility index (Phi) is 4.46. The monoisotopic (exact) mass is 426 g/mol. The SMILES string of the molecule is O=C(Nc1cccc2ccccc12)c1cc2n(n1)[C@H](C(F)(F)F)C[C@H](c1ccco1)N2. The molecule has 2 N–H and O–H groups in total. The van der Waals surface area contributed by atoms with Crippen molar-refractivity contribution in [3.05, 3.63) is 78.4 Å². The molecule has 0 aliphatic carbocycles. The number of alkyl halides is 3. The Morgan fingerprint density at radius 3 is 2.71 bits per heavy atom. The van der Waals surface area contributed by atoms with Crippen LogP contribution in [-0.2, 0) is 0 Å². The first-order valence-electron chi connectivity index (χ1n) is 9.65. The third-order valence-corrected chi connectivity index (χ3v) is 5.35. The van der Waals surface area contributed by atoms with Crippen molar-refractivity contribution in [1.29, 1.82) is 0 Å². The quantitative estimate of drug-likeness (QED) is 0.451. The molecule has 0 fully saturated rings. The largest absolute Gasteiger partial charge is 0.467 e. The summed E-state index contributed by atoms with van der Waals surface area (Å²) in [5.41, 5.74) is 0.452. The molecule has 4 aromatic rings. The maximum absolute atomic E-state index is 13.7. The standard InChI is InChI=1S/C22H17F3N4O2/c23-22(24,25)19-11-16(18-9-4-10-31-18)26-20-12-17(28-29(19)20)21(30)27-15-8-3-6-13-5-1-2-7-14(13)15/h1-10,12,16,19,26H,11H2,(H,27,30)/t16-,19+/m1/s1. The summed E-state index contributed by atoms with van der Waals surface area (Å²) in [6.07, 6.45) is -3.41. The van der Waals surface area contributed by atoms with Crippen LogP contribution in [0.25, 0.3) is 10.8 Å². The van der Waals surface area contributed by atoms with E-state index in [4.69, 9.17) is 4.42 Å². The number of carbonyl (C=O) groups excluding carboxylic acids is 1. The van der Waals surface area contributed by atoms with Gasteiger partial charge in [-0.3, -0.25) is 4.79 Å². The molecule has 2 atom stereocenters. The van der Waals surface area contributed by atoms with Gasteiger partial charge in [0.25, 0.3) is 5.91 Å². The fraction of sp³-hybridized carbons (Fsp3) is 0.182. The molecule has 3 heterocycles. The van der Waals surface area contributed by atoms with E-state index in [1.54, 1.807) is 24.3 Å². The molecule has 1 aliphatic rings. The van der Waals surface area contributed by atoms with Gasteiger partial charge in [0.2, 0.25) is 0 Å². The van der Waals surface area contributed by atoms with Gasteiger partial charge in [0.05, 0.1) is 12.3 Å². The highest BCUT2D eigenvalue weighted by Gasteiger charge is 2.47. The van der Waals surface area contributed by atoms with Crippen molar-refractivity contribution in [2.24, 2.45) is 0 Å². The Balaban J connectivity index is 1.47. The zero-order valence-corrected chi connectivity index (χ0v) is 16.1. The van der Waals surface area contributed by atoms with Crippen LogP contribution in [0.2, 0.25) is 0 Å². The molecule has 31 heavy (non-hydrogen) atoms. The van der Waals surface area contributed by atoms with Crippen molar-refractivity contribution in [2.45, 2.75) is 24.7 Å². The molecular weight excluding hydrogens is 409 g/mol. The van der Waals surface area contributed by atoms with Gasteiger partial charge < -0.3 is 15.1 Å². The number of hydrogen-bond acceptors (Lipinski definition) is 4. The molecule has 2 aromatic heterocycles. The van der Waals surface area contributed by atoms with Gasteiger partial charge in [-0.15, -0.1) is 0 Å². The number of aromatic nitrogens is 2. The fourth-order valence-corrected chi connectivity index (χ4v) is 3.88. The van der Waals surface area contributed by atoms with E-state index in [0.717, 1.165) is 15.5 Å². The molecule has 0 saturated carbocycles. The van der Waals surface area contributed by atoms with Crippen LogP contribution in [0, 0.1) is 0 Å². The Morgan fingerprint density at radius 2 is 1.94 bits per heavy atom. The lowest BCUT2D eigenvalue weighted by Gasteiger charge is -2.32. The molecule has 0 saturated heterocycles. The summed E-state index contributed by atoms with van der Waals surface area (Å²) in [4.78, 5) is 12.8. The molecule has 1 aliphatic heterocycles. The second-order valence-corrected chi connectivity index (χ2v) is 7.35. The van der Waals surface area contributed by atoms with Crippen molar-refractivity contribution < 1.29 is 22.4 Å². The zero-order chi connectivity index (χ0) is 21.6. The van der Waals surface area contributed by atoms with E-state index in [2.05, 4.69) is 15.7 Å². The van der Waals surface area contributed by atoms with Crippen LogP contribution in [-0.4, -0.2) is 21.9 Å². The molecular formula is C22H17F3N4O2. The number of nitrogens with zero attached hydrogens (tertiary/aromatic N) is 2. The maximum atomic E-state index is 13.7. The Morgan fingerprint density at radius 1 is 1.13 bits per heavy atom. The number of furan rings is 1. The van der Waals surface area contributed by atoms with Gasteiger partial charge in [-0.05, 0) is 23.6 Å². The predicted octanol–water partition coefficient (Wildman–Crippen LogP) is 5.54. The van der Waals surface area contributed by atoms with Crippen molar-refractivity contribution >= 4 is 28.2 Å². The second-order valence-electron chi connectivity index (χ2n) is 7.35. The molecule has 0 radical (unpaired) electrons. The summed E-state index contributed by atoms with van der Waals surface area (Å²) >= 11 is 0. The van der Waals surface area contributed by atoms with Crippen molar-refractivity contribution in [3.8, 4) is 0 Å². The predicted molar refractivity (Wildman–Crippen MR) is 109 cm³/mol.